The van der Waals surface area contributed by atoms with Gasteiger partial charge < -0.3 is 14.5 Å². The van der Waals surface area contributed by atoms with Crippen molar-refractivity contribution in [1.82, 2.24) is 4.98 Å². The van der Waals surface area contributed by atoms with E-state index in [9.17, 15) is 0 Å². The Morgan fingerprint density at radius 2 is 2.44 bits per heavy atom. The molecule has 4 nitrogen and oxygen atoms in total. The SMILES string of the molecule is CO[C@H]1CC(c2ccc[nH]2)=N[C@@]12CCC[C@@H](C)O2. The highest BCUT2D eigenvalue weighted by molar-refractivity contribution is 6.01. The zero-order valence-electron chi connectivity index (χ0n) is 11.0. The van der Waals surface area contributed by atoms with Crippen LogP contribution in [0.2, 0.25) is 0 Å². The van der Waals surface area contributed by atoms with E-state index in [4.69, 9.17) is 14.5 Å². The van der Waals surface area contributed by atoms with Gasteiger partial charge in [-0.15, -0.1) is 0 Å². The molecule has 3 heterocycles. The van der Waals surface area contributed by atoms with E-state index < -0.39 is 5.72 Å². The Morgan fingerprint density at radius 3 is 3.11 bits per heavy atom. The fourth-order valence-electron chi connectivity index (χ4n) is 3.06. The van der Waals surface area contributed by atoms with Gasteiger partial charge in [-0.2, -0.15) is 0 Å². The van der Waals surface area contributed by atoms with E-state index in [0.717, 1.165) is 37.1 Å². The molecule has 3 atom stereocenters. The summed E-state index contributed by atoms with van der Waals surface area (Å²) in [6.07, 6.45) is 6.29. The Labute approximate surface area is 107 Å². The van der Waals surface area contributed by atoms with Gasteiger partial charge in [-0.1, -0.05) is 0 Å². The molecule has 3 rings (SSSR count). The van der Waals surface area contributed by atoms with Gasteiger partial charge >= 0.3 is 0 Å². The molecule has 0 unspecified atom stereocenters. The lowest BCUT2D eigenvalue weighted by atomic mass is 9.95. The Kier molecular flexibility index (Phi) is 2.99. The Balaban J connectivity index is 1.91. The monoisotopic (exact) mass is 248 g/mol. The second kappa shape index (κ2) is 4.52. The van der Waals surface area contributed by atoms with Crippen molar-refractivity contribution in [2.45, 2.75) is 50.5 Å². The lowest BCUT2D eigenvalue weighted by molar-refractivity contribution is -0.172. The quantitative estimate of drug-likeness (QED) is 0.874. The molecule has 0 bridgehead atoms. The predicted molar refractivity (Wildman–Crippen MR) is 69.9 cm³/mol. The molecule has 0 aliphatic carbocycles. The number of methoxy groups -OCH3 is 1. The molecule has 0 aromatic carbocycles. The summed E-state index contributed by atoms with van der Waals surface area (Å²) < 4.78 is 11.8. The molecule has 2 aliphatic rings. The van der Waals surface area contributed by atoms with Crippen LogP contribution in [0.25, 0.3) is 0 Å². The molecule has 98 valence electrons. The molecule has 1 aromatic heterocycles. The van der Waals surface area contributed by atoms with Crippen molar-refractivity contribution in [3.63, 3.8) is 0 Å². The van der Waals surface area contributed by atoms with Crippen LogP contribution in [0.3, 0.4) is 0 Å². The number of H-pyrrole nitrogens is 1. The van der Waals surface area contributed by atoms with Crippen molar-refractivity contribution < 1.29 is 9.47 Å². The maximum Gasteiger partial charge on any atom is 0.185 e. The summed E-state index contributed by atoms with van der Waals surface area (Å²) in [6.45, 7) is 2.12. The second-order valence-electron chi connectivity index (χ2n) is 5.24. The summed E-state index contributed by atoms with van der Waals surface area (Å²) in [5.74, 6) is 0. The summed E-state index contributed by atoms with van der Waals surface area (Å²) in [5.41, 5.74) is 1.70. The molecule has 0 amide bonds. The van der Waals surface area contributed by atoms with Crippen molar-refractivity contribution in [2.24, 2.45) is 4.99 Å². The highest BCUT2D eigenvalue weighted by atomic mass is 16.6. The standard InChI is InChI=1S/C14H20N2O2/c1-10-5-3-7-14(18-10)13(17-2)9-12(16-14)11-6-4-8-15-11/h4,6,8,10,13,15H,3,5,7,9H2,1-2H3/t10-,13+,14-/m1/s1. The second-order valence-corrected chi connectivity index (χ2v) is 5.24. The number of nitrogens with one attached hydrogen (secondary N) is 1. The third-order valence-electron chi connectivity index (χ3n) is 3.95. The Hall–Kier alpha value is -1.13. The minimum absolute atomic E-state index is 0.0403. The van der Waals surface area contributed by atoms with Gasteiger partial charge in [0.2, 0.25) is 0 Å². The van der Waals surface area contributed by atoms with E-state index in [0.29, 0.717) is 0 Å². The smallest absolute Gasteiger partial charge is 0.185 e. The lowest BCUT2D eigenvalue weighted by Crippen LogP contribution is -2.46. The van der Waals surface area contributed by atoms with Crippen LogP contribution in [0.4, 0.5) is 0 Å². The highest BCUT2D eigenvalue weighted by Gasteiger charge is 2.48. The summed E-state index contributed by atoms with van der Waals surface area (Å²) in [7, 11) is 1.75. The number of hydrogen-bond donors (Lipinski definition) is 1. The van der Waals surface area contributed by atoms with E-state index in [1.807, 2.05) is 12.3 Å². The van der Waals surface area contributed by atoms with E-state index in [2.05, 4.69) is 18.0 Å². The van der Waals surface area contributed by atoms with Crippen LogP contribution in [0.15, 0.2) is 23.3 Å². The number of ether oxygens (including phenoxy) is 2. The van der Waals surface area contributed by atoms with Crippen LogP contribution in [0.5, 0.6) is 0 Å². The largest absolute Gasteiger partial charge is 0.376 e. The average Bonchev–Trinajstić information content (AvgIpc) is 2.96. The summed E-state index contributed by atoms with van der Waals surface area (Å²) in [4.78, 5) is 8.08. The Bertz CT molecular complexity index is 441. The molecule has 1 spiro atoms. The third-order valence-corrected chi connectivity index (χ3v) is 3.95. The number of rotatable bonds is 2. The van der Waals surface area contributed by atoms with E-state index in [1.54, 1.807) is 7.11 Å². The molecule has 1 aromatic rings. The number of aliphatic imine (C=N–C) groups is 1. The summed E-state index contributed by atoms with van der Waals surface area (Å²) >= 11 is 0. The normalized spacial score (nSPS) is 36.0. The van der Waals surface area contributed by atoms with Gasteiger partial charge in [0.1, 0.15) is 6.10 Å². The van der Waals surface area contributed by atoms with Crippen molar-refractivity contribution in [1.29, 1.82) is 0 Å². The summed E-state index contributed by atoms with van der Waals surface area (Å²) in [5, 5.41) is 0. The van der Waals surface area contributed by atoms with Crippen LogP contribution in [0.1, 0.15) is 38.3 Å². The molecule has 4 heteroatoms. The molecule has 0 saturated carbocycles. The minimum atomic E-state index is -0.452. The number of hydrogen-bond acceptors (Lipinski definition) is 3. The van der Waals surface area contributed by atoms with Crippen LogP contribution < -0.4 is 0 Å². The fourth-order valence-corrected chi connectivity index (χ4v) is 3.06. The van der Waals surface area contributed by atoms with Crippen LogP contribution >= 0.6 is 0 Å². The van der Waals surface area contributed by atoms with Crippen molar-refractivity contribution in [2.75, 3.05) is 7.11 Å². The maximum atomic E-state index is 6.14. The van der Waals surface area contributed by atoms with Gasteiger partial charge in [0.05, 0.1) is 17.5 Å². The van der Waals surface area contributed by atoms with Gasteiger partial charge in [-0.05, 0) is 38.3 Å². The fraction of sp³-hybridized carbons (Fsp3) is 0.643. The zero-order chi connectivity index (χ0) is 12.6. The zero-order valence-corrected chi connectivity index (χ0v) is 11.0. The van der Waals surface area contributed by atoms with Crippen molar-refractivity contribution in [3.05, 3.63) is 24.0 Å². The Morgan fingerprint density at radius 1 is 1.56 bits per heavy atom. The molecular weight excluding hydrogens is 228 g/mol. The minimum Gasteiger partial charge on any atom is -0.376 e. The first-order valence-electron chi connectivity index (χ1n) is 6.66. The first kappa shape index (κ1) is 11.9. The number of aromatic nitrogens is 1. The van der Waals surface area contributed by atoms with Crippen molar-refractivity contribution in [3.8, 4) is 0 Å². The third kappa shape index (κ3) is 1.89. The van der Waals surface area contributed by atoms with Gasteiger partial charge in [0, 0.05) is 19.7 Å². The van der Waals surface area contributed by atoms with Gasteiger partial charge in [-0.25, -0.2) is 0 Å². The molecule has 18 heavy (non-hydrogen) atoms. The molecule has 1 fully saturated rings. The van der Waals surface area contributed by atoms with Crippen LogP contribution in [0, 0.1) is 0 Å². The molecule has 0 radical (unpaired) electrons. The molecule has 1 N–H and O–H groups in total. The van der Waals surface area contributed by atoms with E-state index >= 15 is 0 Å². The van der Waals surface area contributed by atoms with Crippen molar-refractivity contribution >= 4 is 5.71 Å². The number of aromatic amines is 1. The molecular formula is C14H20N2O2. The molecule has 1 saturated heterocycles. The van der Waals surface area contributed by atoms with Gasteiger partial charge in [0.25, 0.3) is 0 Å². The first-order chi connectivity index (χ1) is 8.73. The van der Waals surface area contributed by atoms with Crippen LogP contribution in [-0.2, 0) is 9.47 Å². The van der Waals surface area contributed by atoms with Crippen LogP contribution in [-0.4, -0.2) is 35.7 Å². The summed E-state index contributed by atoms with van der Waals surface area (Å²) in [6, 6.07) is 4.05. The van der Waals surface area contributed by atoms with Gasteiger partial charge in [0.15, 0.2) is 5.72 Å². The first-order valence-corrected chi connectivity index (χ1v) is 6.66. The number of nitrogens with zero attached hydrogens (tertiary/aromatic N) is 1. The van der Waals surface area contributed by atoms with Gasteiger partial charge in [-0.3, -0.25) is 4.99 Å². The highest BCUT2D eigenvalue weighted by Crippen LogP contribution is 2.40. The molecule has 2 aliphatic heterocycles. The van der Waals surface area contributed by atoms with E-state index in [-0.39, 0.29) is 12.2 Å². The topological polar surface area (TPSA) is 46.6 Å². The predicted octanol–water partition coefficient (Wildman–Crippen LogP) is 2.51. The lowest BCUT2D eigenvalue weighted by Gasteiger charge is -2.38. The average molecular weight is 248 g/mol. The van der Waals surface area contributed by atoms with E-state index in [1.165, 1.54) is 0 Å². The maximum absolute atomic E-state index is 6.14.